The molecule has 2 aromatic carbocycles. The molecule has 0 aliphatic carbocycles. The van der Waals surface area contributed by atoms with E-state index in [1.807, 2.05) is 17.9 Å². The van der Waals surface area contributed by atoms with Gasteiger partial charge in [0.15, 0.2) is 5.65 Å². The molecule has 205 valence electrons. The molecule has 3 heterocycles. The number of rotatable bonds is 5. The van der Waals surface area contributed by atoms with E-state index in [1.165, 1.54) is 12.1 Å². The Morgan fingerprint density at radius 2 is 1.82 bits per heavy atom. The smallest absolute Gasteiger partial charge is 0.322 e. The second-order valence-electron chi connectivity index (χ2n) is 9.75. The molecule has 4 aromatic rings. The van der Waals surface area contributed by atoms with Crippen molar-refractivity contribution < 1.29 is 18.0 Å². The molecule has 0 saturated carbocycles. The van der Waals surface area contributed by atoms with E-state index in [0.29, 0.717) is 42.0 Å². The lowest BCUT2D eigenvalue weighted by Gasteiger charge is -2.34. The van der Waals surface area contributed by atoms with Crippen LogP contribution in [0.3, 0.4) is 0 Å². The number of benzene rings is 2. The van der Waals surface area contributed by atoms with Crippen molar-refractivity contribution in [3.8, 4) is 11.8 Å². The molecule has 0 spiro atoms. The minimum absolute atomic E-state index is 0.0793. The molecule has 5 rings (SSSR count). The van der Waals surface area contributed by atoms with Crippen molar-refractivity contribution in [2.75, 3.05) is 38.0 Å². The first-order chi connectivity index (χ1) is 19.2. The summed E-state index contributed by atoms with van der Waals surface area (Å²) in [7, 11) is 0. The number of anilines is 1. The predicted octanol–water partition coefficient (Wildman–Crippen LogP) is 4.89. The van der Waals surface area contributed by atoms with Crippen molar-refractivity contribution >= 4 is 22.6 Å². The maximum Gasteiger partial charge on any atom is 0.416 e. The molecule has 7 nitrogen and oxygen atoms in total. The fourth-order valence-electron chi connectivity index (χ4n) is 4.61. The predicted molar refractivity (Wildman–Crippen MR) is 148 cm³/mol. The molecule has 10 heteroatoms. The van der Waals surface area contributed by atoms with E-state index in [4.69, 9.17) is 0 Å². The van der Waals surface area contributed by atoms with Crippen LogP contribution in [0.5, 0.6) is 0 Å². The van der Waals surface area contributed by atoms with Crippen LogP contribution in [0.1, 0.15) is 38.2 Å². The molecule has 1 radical (unpaired) electrons. The summed E-state index contributed by atoms with van der Waals surface area (Å²) in [6, 6.07) is 10.8. The zero-order chi connectivity index (χ0) is 28.3. The summed E-state index contributed by atoms with van der Waals surface area (Å²) in [5.74, 6) is 5.60. The van der Waals surface area contributed by atoms with Gasteiger partial charge in [-0.3, -0.25) is 14.8 Å². The van der Waals surface area contributed by atoms with Gasteiger partial charge in [-0.2, -0.15) is 18.3 Å². The molecule has 1 fully saturated rings. The van der Waals surface area contributed by atoms with Gasteiger partial charge in [-0.05, 0) is 61.9 Å². The fourth-order valence-corrected chi connectivity index (χ4v) is 4.61. The van der Waals surface area contributed by atoms with Gasteiger partial charge in [-0.1, -0.05) is 24.0 Å². The molecule has 2 N–H and O–H groups in total. The Morgan fingerprint density at radius 1 is 1.05 bits per heavy atom. The maximum atomic E-state index is 14.0. The first-order valence-electron chi connectivity index (χ1n) is 12.9. The summed E-state index contributed by atoms with van der Waals surface area (Å²) in [5, 5.41) is 10.2. The lowest BCUT2D eigenvalue weighted by atomic mass is 10.0. The Kier molecular flexibility index (Phi) is 7.87. The average Bonchev–Trinajstić information content (AvgIpc) is 3.41. The number of H-pyrrole nitrogens is 1. The number of amides is 1. The minimum Gasteiger partial charge on any atom is -0.322 e. The lowest BCUT2D eigenvalue weighted by molar-refractivity contribution is -0.138. The molecule has 1 saturated heterocycles. The number of piperazine rings is 1. The van der Waals surface area contributed by atoms with Crippen LogP contribution in [0.25, 0.3) is 11.0 Å². The normalized spacial score (nSPS) is 14.6. The summed E-state index contributed by atoms with van der Waals surface area (Å²) in [5.41, 5.74) is 2.65. The largest absolute Gasteiger partial charge is 0.416 e. The fraction of sp³-hybridized carbons (Fsp3) is 0.267. The van der Waals surface area contributed by atoms with Crippen molar-refractivity contribution in [3.05, 3.63) is 95.2 Å². The van der Waals surface area contributed by atoms with Gasteiger partial charge in [0.25, 0.3) is 5.91 Å². The van der Waals surface area contributed by atoms with Gasteiger partial charge < -0.3 is 10.2 Å². The molecule has 1 aliphatic rings. The monoisotopic (exact) mass is 545 g/mol. The van der Waals surface area contributed by atoms with E-state index in [-0.39, 0.29) is 17.8 Å². The molecule has 0 bridgehead atoms. The molecule has 0 unspecified atom stereocenters. The Labute approximate surface area is 230 Å². The summed E-state index contributed by atoms with van der Waals surface area (Å²) in [6.07, 6.45) is -1.26. The number of aryl methyl sites for hydroxylation is 1. The number of pyridine rings is 1. The third kappa shape index (κ3) is 6.33. The van der Waals surface area contributed by atoms with Crippen LogP contribution >= 0.6 is 0 Å². The zero-order valence-electron chi connectivity index (χ0n) is 22.0. The Hall–Kier alpha value is -4.20. The Balaban J connectivity index is 1.32. The molecule has 2 aromatic heterocycles. The summed E-state index contributed by atoms with van der Waals surface area (Å²) in [4.78, 5) is 21.5. The Bertz CT molecular complexity index is 1590. The maximum absolute atomic E-state index is 14.0. The van der Waals surface area contributed by atoms with Crippen LogP contribution in [0, 0.1) is 25.7 Å². The summed E-state index contributed by atoms with van der Waals surface area (Å²) < 4.78 is 41.9. The van der Waals surface area contributed by atoms with Crippen molar-refractivity contribution in [2.24, 2.45) is 0 Å². The van der Waals surface area contributed by atoms with E-state index < -0.39 is 17.6 Å². The van der Waals surface area contributed by atoms with Crippen molar-refractivity contribution in [1.29, 1.82) is 0 Å². The van der Waals surface area contributed by atoms with Gasteiger partial charge in [-0.25, -0.2) is 4.98 Å². The van der Waals surface area contributed by atoms with Gasteiger partial charge >= 0.3 is 6.18 Å². The van der Waals surface area contributed by atoms with Gasteiger partial charge in [0.05, 0.1) is 11.8 Å². The number of halogens is 3. The number of carbonyl (C=O) groups is 1. The SMILES string of the molecule is [CH2]CN1CCN(Cc2ccc(NC(=O)c3ccc(C)c(C#Cc4cnc5[nH]ncc5c4)c3)cc2C(F)(F)F)CC1. The standard InChI is InChI=1S/C30H28F3N6O/c1-3-38-10-12-39(13-11-38)19-24-8-9-26(16-27(24)30(31,32)33)36-29(40)23-6-4-20(2)22(15-23)7-5-21-14-25-18-35-37-28(25)34-17-21/h4,6,8-9,14-18H,1,3,10-13,19H2,2H3,(H,36,40)(H,34,35,37). The number of hydrogen-bond acceptors (Lipinski definition) is 5. The number of alkyl halides is 3. The quantitative estimate of drug-likeness (QED) is 0.350. The van der Waals surface area contributed by atoms with E-state index in [1.54, 1.807) is 30.6 Å². The second kappa shape index (κ2) is 11.5. The third-order valence-corrected chi connectivity index (χ3v) is 6.98. The Morgan fingerprint density at radius 3 is 2.58 bits per heavy atom. The number of carbonyl (C=O) groups excluding carboxylic acids is 1. The van der Waals surface area contributed by atoms with Crippen molar-refractivity contribution in [3.63, 3.8) is 0 Å². The van der Waals surface area contributed by atoms with Crippen LogP contribution in [0.2, 0.25) is 0 Å². The van der Waals surface area contributed by atoms with Gasteiger partial charge in [0, 0.05) is 66.7 Å². The van der Waals surface area contributed by atoms with Crippen LogP contribution in [-0.4, -0.2) is 63.6 Å². The van der Waals surface area contributed by atoms with Crippen molar-refractivity contribution in [2.45, 2.75) is 19.6 Å². The highest BCUT2D eigenvalue weighted by atomic mass is 19.4. The van der Waals surface area contributed by atoms with Crippen LogP contribution < -0.4 is 5.32 Å². The van der Waals surface area contributed by atoms with E-state index >= 15 is 0 Å². The average molecular weight is 546 g/mol. The van der Waals surface area contributed by atoms with Crippen LogP contribution in [-0.2, 0) is 12.7 Å². The summed E-state index contributed by atoms with van der Waals surface area (Å²) >= 11 is 0. The lowest BCUT2D eigenvalue weighted by Crippen LogP contribution is -2.45. The van der Waals surface area contributed by atoms with E-state index in [2.05, 4.69) is 44.2 Å². The van der Waals surface area contributed by atoms with Crippen LogP contribution in [0.4, 0.5) is 18.9 Å². The van der Waals surface area contributed by atoms with Crippen LogP contribution in [0.15, 0.2) is 54.9 Å². The first-order valence-corrected chi connectivity index (χ1v) is 12.9. The second-order valence-corrected chi connectivity index (χ2v) is 9.75. The molecular weight excluding hydrogens is 517 g/mol. The van der Waals surface area contributed by atoms with Gasteiger partial charge in [0.1, 0.15) is 0 Å². The van der Waals surface area contributed by atoms with E-state index in [9.17, 15) is 18.0 Å². The number of nitrogens with one attached hydrogen (secondary N) is 2. The minimum atomic E-state index is -4.55. The number of fused-ring (bicyclic) bond motifs is 1. The third-order valence-electron chi connectivity index (χ3n) is 6.98. The van der Waals surface area contributed by atoms with Gasteiger partial charge in [0.2, 0.25) is 0 Å². The molecule has 0 atom stereocenters. The number of aromatic nitrogens is 3. The highest BCUT2D eigenvalue weighted by Gasteiger charge is 2.34. The summed E-state index contributed by atoms with van der Waals surface area (Å²) in [6.45, 7) is 9.53. The topological polar surface area (TPSA) is 77.1 Å². The number of nitrogens with zero attached hydrogens (tertiary/aromatic N) is 4. The van der Waals surface area contributed by atoms with E-state index in [0.717, 1.165) is 30.1 Å². The number of hydrogen-bond donors (Lipinski definition) is 2. The highest BCUT2D eigenvalue weighted by molar-refractivity contribution is 6.04. The number of aromatic amines is 1. The van der Waals surface area contributed by atoms with Gasteiger partial charge in [-0.15, -0.1) is 0 Å². The van der Waals surface area contributed by atoms with Crippen molar-refractivity contribution in [1.82, 2.24) is 25.0 Å². The molecule has 1 amide bonds. The molecule has 40 heavy (non-hydrogen) atoms. The highest BCUT2D eigenvalue weighted by Crippen LogP contribution is 2.34. The first kappa shape index (κ1) is 27.4. The molecule has 1 aliphatic heterocycles. The zero-order valence-corrected chi connectivity index (χ0v) is 22.0. The molecular formula is C30H28F3N6O.